The molecule has 7 nitrogen and oxygen atoms in total. The van der Waals surface area contributed by atoms with Gasteiger partial charge in [0.05, 0.1) is 0 Å². The number of hydrogen-bond donors (Lipinski definition) is 3. The van der Waals surface area contributed by atoms with Crippen molar-refractivity contribution in [1.29, 1.82) is 0 Å². The van der Waals surface area contributed by atoms with Gasteiger partial charge in [-0.2, -0.15) is 11.8 Å². The lowest BCUT2D eigenvalue weighted by Gasteiger charge is -2.21. The Morgan fingerprint density at radius 1 is 0.933 bits per heavy atom. The lowest BCUT2D eigenvalue weighted by atomic mass is 10.1. The molecule has 0 saturated carbocycles. The number of carboxylic acid groups (broad SMARTS) is 1. The van der Waals surface area contributed by atoms with Crippen molar-refractivity contribution in [3.8, 4) is 0 Å². The number of rotatable bonds is 11. The van der Waals surface area contributed by atoms with Crippen LogP contribution in [-0.2, 0) is 27.4 Å². The van der Waals surface area contributed by atoms with E-state index in [0.29, 0.717) is 12.2 Å². The van der Waals surface area contributed by atoms with Gasteiger partial charge in [-0.3, -0.25) is 4.79 Å². The molecule has 2 aromatic carbocycles. The quantitative estimate of drug-likeness (QED) is 0.506. The minimum Gasteiger partial charge on any atom is -0.480 e. The lowest BCUT2D eigenvalue weighted by molar-refractivity contribution is -0.142. The molecule has 2 rings (SSSR count). The summed E-state index contributed by atoms with van der Waals surface area (Å²) in [5.41, 5.74) is 1.62. The van der Waals surface area contributed by atoms with Crippen molar-refractivity contribution in [3.05, 3.63) is 71.8 Å². The predicted octanol–water partition coefficient (Wildman–Crippen LogP) is 2.85. The summed E-state index contributed by atoms with van der Waals surface area (Å²) >= 11 is 1.52. The van der Waals surface area contributed by atoms with E-state index in [1.807, 2.05) is 54.8 Å². The number of carbonyl (C=O) groups excluding carboxylic acids is 2. The van der Waals surface area contributed by atoms with Crippen LogP contribution in [0.3, 0.4) is 0 Å². The van der Waals surface area contributed by atoms with E-state index in [1.54, 1.807) is 12.1 Å². The molecular weight excluding hydrogens is 404 g/mol. The number of alkyl carbamates (subject to hydrolysis) is 1. The summed E-state index contributed by atoms with van der Waals surface area (Å²) in [7, 11) is 0. The molecule has 30 heavy (non-hydrogen) atoms. The van der Waals surface area contributed by atoms with Crippen molar-refractivity contribution in [3.63, 3.8) is 0 Å². The van der Waals surface area contributed by atoms with Crippen LogP contribution in [0.15, 0.2) is 60.7 Å². The van der Waals surface area contributed by atoms with Gasteiger partial charge in [0.15, 0.2) is 0 Å². The maximum absolute atomic E-state index is 12.7. The molecule has 0 aliphatic heterocycles. The molecule has 0 bridgehead atoms. The van der Waals surface area contributed by atoms with Gasteiger partial charge in [0, 0.05) is 6.42 Å². The Morgan fingerprint density at radius 3 is 2.10 bits per heavy atom. The maximum atomic E-state index is 12.7. The Morgan fingerprint density at radius 2 is 1.53 bits per heavy atom. The molecule has 0 spiro atoms. The van der Waals surface area contributed by atoms with Gasteiger partial charge in [-0.1, -0.05) is 60.7 Å². The molecule has 0 saturated heterocycles. The van der Waals surface area contributed by atoms with Crippen molar-refractivity contribution in [1.82, 2.24) is 10.6 Å². The SMILES string of the molecule is CSCC[C@@H](NC(=O)OCc1ccccc1)C(=O)N[C@H](Cc1ccccc1)C(=O)O. The zero-order chi connectivity index (χ0) is 21.8. The van der Waals surface area contributed by atoms with Gasteiger partial charge >= 0.3 is 12.1 Å². The predicted molar refractivity (Wildman–Crippen MR) is 116 cm³/mol. The first-order valence-electron chi connectivity index (χ1n) is 9.53. The van der Waals surface area contributed by atoms with E-state index >= 15 is 0 Å². The van der Waals surface area contributed by atoms with Crippen LogP contribution in [-0.4, -0.2) is 47.2 Å². The van der Waals surface area contributed by atoms with Gasteiger partial charge in [-0.25, -0.2) is 9.59 Å². The molecule has 2 aromatic rings. The molecule has 0 fully saturated rings. The summed E-state index contributed by atoms with van der Waals surface area (Å²) < 4.78 is 5.18. The molecule has 0 aromatic heterocycles. The second kappa shape index (κ2) is 12.5. The van der Waals surface area contributed by atoms with E-state index in [-0.39, 0.29) is 13.0 Å². The number of ether oxygens (including phenoxy) is 1. The van der Waals surface area contributed by atoms with Crippen LogP contribution in [0.1, 0.15) is 17.5 Å². The number of aliphatic carboxylic acids is 1. The van der Waals surface area contributed by atoms with Crippen LogP contribution >= 0.6 is 11.8 Å². The van der Waals surface area contributed by atoms with Crippen molar-refractivity contribution < 1.29 is 24.2 Å². The van der Waals surface area contributed by atoms with E-state index in [1.165, 1.54) is 11.8 Å². The van der Waals surface area contributed by atoms with Crippen LogP contribution in [0.4, 0.5) is 4.79 Å². The maximum Gasteiger partial charge on any atom is 0.408 e. The molecule has 0 radical (unpaired) electrons. The largest absolute Gasteiger partial charge is 0.480 e. The first-order valence-corrected chi connectivity index (χ1v) is 10.9. The fraction of sp³-hybridized carbons (Fsp3) is 0.318. The molecule has 0 aliphatic rings. The molecule has 2 amide bonds. The first kappa shape index (κ1) is 23.3. The van der Waals surface area contributed by atoms with Crippen LogP contribution in [0.25, 0.3) is 0 Å². The molecule has 0 aliphatic carbocycles. The van der Waals surface area contributed by atoms with E-state index < -0.39 is 30.1 Å². The summed E-state index contributed by atoms with van der Waals surface area (Å²) in [6.45, 7) is 0.0787. The van der Waals surface area contributed by atoms with Gasteiger partial charge < -0.3 is 20.5 Å². The Balaban J connectivity index is 1.96. The highest BCUT2D eigenvalue weighted by Gasteiger charge is 2.27. The fourth-order valence-corrected chi connectivity index (χ4v) is 3.21. The molecule has 0 unspecified atom stereocenters. The third kappa shape index (κ3) is 8.16. The average Bonchev–Trinajstić information content (AvgIpc) is 2.76. The summed E-state index contributed by atoms with van der Waals surface area (Å²) in [5.74, 6) is -1.07. The molecule has 8 heteroatoms. The van der Waals surface area contributed by atoms with Crippen molar-refractivity contribution in [2.75, 3.05) is 12.0 Å². The Kier molecular flexibility index (Phi) is 9.73. The summed E-state index contributed by atoms with van der Waals surface area (Å²) in [6.07, 6.45) is 1.66. The number of hydrogen-bond acceptors (Lipinski definition) is 5. The van der Waals surface area contributed by atoms with E-state index in [0.717, 1.165) is 11.1 Å². The number of nitrogens with one attached hydrogen (secondary N) is 2. The third-order valence-corrected chi connectivity index (χ3v) is 4.97. The van der Waals surface area contributed by atoms with Gasteiger partial charge in [0.1, 0.15) is 18.7 Å². The zero-order valence-electron chi connectivity index (χ0n) is 16.7. The first-order chi connectivity index (χ1) is 14.5. The number of amides is 2. The average molecular weight is 431 g/mol. The molecular formula is C22H26N2O5S. The van der Waals surface area contributed by atoms with Crippen molar-refractivity contribution in [2.24, 2.45) is 0 Å². The second-order valence-corrected chi connectivity index (χ2v) is 7.61. The zero-order valence-corrected chi connectivity index (χ0v) is 17.6. The minimum atomic E-state index is -1.14. The highest BCUT2D eigenvalue weighted by molar-refractivity contribution is 7.98. The summed E-state index contributed by atoms with van der Waals surface area (Å²) in [5, 5.41) is 14.6. The standard InChI is InChI=1S/C22H26N2O5S/c1-30-13-12-18(24-22(28)29-15-17-10-6-3-7-11-17)20(25)23-19(21(26)27)14-16-8-4-2-5-9-16/h2-11,18-19H,12-15H2,1H3,(H,23,25)(H,24,28)(H,26,27)/t18-,19-/m1/s1. The second-order valence-electron chi connectivity index (χ2n) is 6.63. The number of carboxylic acids is 1. The summed E-state index contributed by atoms with van der Waals surface area (Å²) in [4.78, 5) is 36.5. The van der Waals surface area contributed by atoms with Crippen LogP contribution in [0, 0.1) is 0 Å². The van der Waals surface area contributed by atoms with Crippen molar-refractivity contribution >= 4 is 29.7 Å². The van der Waals surface area contributed by atoms with Gasteiger partial charge in [-0.05, 0) is 29.6 Å². The molecule has 3 N–H and O–H groups in total. The van der Waals surface area contributed by atoms with Crippen LogP contribution < -0.4 is 10.6 Å². The molecule has 2 atom stereocenters. The fourth-order valence-electron chi connectivity index (χ4n) is 2.73. The highest BCUT2D eigenvalue weighted by Crippen LogP contribution is 2.07. The third-order valence-electron chi connectivity index (χ3n) is 4.33. The smallest absolute Gasteiger partial charge is 0.408 e. The Hall–Kier alpha value is -3.00. The summed E-state index contributed by atoms with van der Waals surface area (Å²) in [6, 6.07) is 16.2. The van der Waals surface area contributed by atoms with Gasteiger partial charge in [-0.15, -0.1) is 0 Å². The van der Waals surface area contributed by atoms with E-state index in [9.17, 15) is 19.5 Å². The normalized spacial score (nSPS) is 12.4. The lowest BCUT2D eigenvalue weighted by Crippen LogP contribution is -2.52. The van der Waals surface area contributed by atoms with Crippen molar-refractivity contribution in [2.45, 2.75) is 31.5 Å². The van der Waals surface area contributed by atoms with E-state index in [4.69, 9.17) is 4.74 Å². The van der Waals surface area contributed by atoms with Gasteiger partial charge in [0.25, 0.3) is 0 Å². The van der Waals surface area contributed by atoms with Crippen LogP contribution in [0.5, 0.6) is 0 Å². The molecule has 0 heterocycles. The monoisotopic (exact) mass is 430 g/mol. The Labute approximate surface area is 180 Å². The number of benzene rings is 2. The topological polar surface area (TPSA) is 105 Å². The van der Waals surface area contributed by atoms with E-state index in [2.05, 4.69) is 10.6 Å². The van der Waals surface area contributed by atoms with Gasteiger partial charge in [0.2, 0.25) is 5.91 Å². The number of thioether (sulfide) groups is 1. The number of carbonyl (C=O) groups is 3. The van der Waals surface area contributed by atoms with Crippen LogP contribution in [0.2, 0.25) is 0 Å². The molecule has 160 valence electrons. The Bertz CT molecular complexity index is 817. The minimum absolute atomic E-state index is 0.0787. The highest BCUT2D eigenvalue weighted by atomic mass is 32.2.